The summed E-state index contributed by atoms with van der Waals surface area (Å²) in [5.74, 6) is -4.50. The number of ether oxygens (including phenoxy) is 1. The molecule has 2 aromatic carbocycles. The predicted molar refractivity (Wildman–Crippen MR) is 180 cm³/mol. The van der Waals surface area contributed by atoms with Gasteiger partial charge in [0.1, 0.15) is 10.8 Å². The van der Waals surface area contributed by atoms with Crippen molar-refractivity contribution in [2.75, 3.05) is 36.9 Å². The van der Waals surface area contributed by atoms with Gasteiger partial charge in [0.25, 0.3) is 0 Å². The Kier molecular flexibility index (Phi) is 10.4. The van der Waals surface area contributed by atoms with Crippen molar-refractivity contribution < 1.29 is 41.7 Å². The number of hydrogen-bond acceptors (Lipinski definition) is 9. The molecule has 1 atom stereocenters. The molecule has 2 saturated heterocycles. The molecule has 2 fully saturated rings. The monoisotopic (exact) mass is 724 g/mol. The molecule has 3 aromatic rings. The number of thiophene rings is 1. The van der Waals surface area contributed by atoms with Gasteiger partial charge in [-0.3, -0.25) is 0 Å². The van der Waals surface area contributed by atoms with Crippen LogP contribution in [-0.4, -0.2) is 72.7 Å². The second-order valence-electron chi connectivity index (χ2n) is 12.4. The van der Waals surface area contributed by atoms with Crippen LogP contribution in [0.15, 0.2) is 48.7 Å². The van der Waals surface area contributed by atoms with Gasteiger partial charge in [-0.2, -0.15) is 4.31 Å². The van der Waals surface area contributed by atoms with E-state index < -0.39 is 45.7 Å². The number of aliphatic carboxylic acids is 1. The molecule has 5 N–H and O–H groups in total. The van der Waals surface area contributed by atoms with Crippen molar-refractivity contribution in [2.45, 2.75) is 44.0 Å². The third-order valence-corrected chi connectivity index (χ3v) is 12.0. The first kappa shape index (κ1) is 35.5. The fraction of sp³-hybridized carbons (Fsp3) is 0.375. The molecule has 0 amide bonds. The van der Waals surface area contributed by atoms with Crippen molar-refractivity contribution >= 4 is 56.3 Å². The minimum atomic E-state index is -3.84. The van der Waals surface area contributed by atoms with Crippen LogP contribution in [-0.2, 0) is 20.6 Å². The van der Waals surface area contributed by atoms with Crippen molar-refractivity contribution in [3.05, 3.63) is 75.8 Å². The summed E-state index contributed by atoms with van der Waals surface area (Å²) in [6.07, 6.45) is 0.686. The summed E-state index contributed by atoms with van der Waals surface area (Å²) < 4.78 is 64.4. The average molecular weight is 725 g/mol. The Labute approximate surface area is 285 Å². The summed E-state index contributed by atoms with van der Waals surface area (Å²) in [5.41, 5.74) is 0.469. The van der Waals surface area contributed by atoms with E-state index in [1.165, 1.54) is 34.6 Å². The van der Waals surface area contributed by atoms with Crippen LogP contribution < -0.4 is 20.7 Å². The van der Waals surface area contributed by atoms with Gasteiger partial charge in [0.2, 0.25) is 10.0 Å². The van der Waals surface area contributed by atoms with Gasteiger partial charge in [-0.1, -0.05) is 36.4 Å². The summed E-state index contributed by atoms with van der Waals surface area (Å²) in [6.45, 7) is 8.35. The molecule has 0 radical (unpaired) electrons. The average Bonchev–Trinajstić information content (AvgIpc) is 3.29. The molecular formula is C32H35ClF2N4O7S2. The van der Waals surface area contributed by atoms with Gasteiger partial charge in [-0.25, -0.2) is 26.8 Å². The number of hydrogen-bond donors (Lipinski definition) is 5. The fourth-order valence-corrected chi connectivity index (χ4v) is 9.28. The minimum Gasteiger partial charge on any atom is -0.479 e. The van der Waals surface area contributed by atoms with E-state index in [0.717, 1.165) is 13.1 Å². The SMILES string of the molecule is C=C(Nc1cc(CS(=O)(=O)N2CCC(Nc3cccc(-c4sc(C(=O)O)c(OCC(=O)O)c4Cl)c3F)CC2(C)C)ccc1F)C1CNC1. The number of carbonyl (C=O) groups is 2. The predicted octanol–water partition coefficient (Wildman–Crippen LogP) is 5.84. The summed E-state index contributed by atoms with van der Waals surface area (Å²) in [5, 5.41) is 27.6. The maximum Gasteiger partial charge on any atom is 0.349 e. The Morgan fingerprint density at radius 2 is 1.92 bits per heavy atom. The lowest BCUT2D eigenvalue weighted by atomic mass is 9.89. The first-order valence-corrected chi connectivity index (χ1v) is 17.8. The quantitative estimate of drug-likeness (QED) is 0.145. The number of sulfonamides is 1. The van der Waals surface area contributed by atoms with Crippen molar-refractivity contribution in [1.29, 1.82) is 0 Å². The van der Waals surface area contributed by atoms with Gasteiger partial charge >= 0.3 is 11.9 Å². The molecule has 1 aromatic heterocycles. The molecule has 2 aliphatic rings. The van der Waals surface area contributed by atoms with Crippen LogP contribution in [0.4, 0.5) is 20.2 Å². The zero-order valence-electron chi connectivity index (χ0n) is 26.1. The van der Waals surface area contributed by atoms with Gasteiger partial charge in [-0.05, 0) is 50.5 Å². The van der Waals surface area contributed by atoms with E-state index in [2.05, 4.69) is 22.5 Å². The number of halogens is 3. The van der Waals surface area contributed by atoms with Gasteiger partial charge in [-0.15, -0.1) is 11.3 Å². The lowest BCUT2D eigenvalue weighted by Crippen LogP contribution is -2.55. The third kappa shape index (κ3) is 7.60. The lowest BCUT2D eigenvalue weighted by molar-refractivity contribution is -0.139. The van der Waals surface area contributed by atoms with Crippen LogP contribution in [0.1, 0.15) is 41.9 Å². The number of benzene rings is 2. The smallest absolute Gasteiger partial charge is 0.349 e. The minimum absolute atomic E-state index is 0.0111. The van der Waals surface area contributed by atoms with Crippen molar-refractivity contribution in [3.8, 4) is 16.2 Å². The Morgan fingerprint density at radius 3 is 2.54 bits per heavy atom. The van der Waals surface area contributed by atoms with Gasteiger partial charge in [0, 0.05) is 48.4 Å². The van der Waals surface area contributed by atoms with Crippen LogP contribution in [0.5, 0.6) is 5.75 Å². The highest BCUT2D eigenvalue weighted by Gasteiger charge is 2.42. The second kappa shape index (κ2) is 14.0. The second-order valence-corrected chi connectivity index (χ2v) is 15.6. The highest BCUT2D eigenvalue weighted by molar-refractivity contribution is 7.88. The standard InChI is InChI=1S/C32H35ClF2N4O7S2/c1-17(19-13-36-14-19)37-24-11-18(7-8-22(24)34)16-48(44,45)39-10-9-20(12-32(39,2)3)38-23-6-4-5-21(27(23)35)29-26(33)28(46-15-25(40)41)30(47-29)31(42)43/h4-8,11,19-20,36-38H,1,9-10,12-16H2,2-3H3,(H,40,41)(H,42,43). The number of carboxylic acids is 2. The molecule has 11 nitrogen and oxygen atoms in total. The number of aromatic carboxylic acids is 1. The topological polar surface area (TPSA) is 157 Å². The zero-order chi connectivity index (χ0) is 35.0. The van der Waals surface area contributed by atoms with E-state index >= 15 is 4.39 Å². The number of rotatable bonds is 13. The molecule has 0 bridgehead atoms. The van der Waals surface area contributed by atoms with Crippen LogP contribution in [0.3, 0.4) is 0 Å². The molecule has 0 saturated carbocycles. The van der Waals surface area contributed by atoms with Gasteiger partial charge in [0.05, 0.1) is 22.0 Å². The molecule has 0 aliphatic carbocycles. The van der Waals surface area contributed by atoms with Crippen LogP contribution in [0.2, 0.25) is 5.02 Å². The zero-order valence-corrected chi connectivity index (χ0v) is 28.5. The number of carboxylic acid groups (broad SMARTS) is 2. The third-order valence-electron chi connectivity index (χ3n) is 8.33. The molecule has 258 valence electrons. The van der Waals surface area contributed by atoms with Crippen molar-refractivity contribution in [3.63, 3.8) is 0 Å². The largest absolute Gasteiger partial charge is 0.479 e. The Balaban J connectivity index is 1.29. The van der Waals surface area contributed by atoms with Crippen LogP contribution >= 0.6 is 22.9 Å². The summed E-state index contributed by atoms with van der Waals surface area (Å²) >= 11 is 7.03. The molecule has 3 heterocycles. The molecule has 1 unspecified atom stereocenters. The summed E-state index contributed by atoms with van der Waals surface area (Å²) in [7, 11) is -3.84. The van der Waals surface area contributed by atoms with Crippen LogP contribution in [0, 0.1) is 17.6 Å². The maximum atomic E-state index is 15.9. The van der Waals surface area contributed by atoms with Gasteiger partial charge in [0.15, 0.2) is 23.1 Å². The van der Waals surface area contributed by atoms with Crippen LogP contribution in [0.25, 0.3) is 10.4 Å². The maximum absolute atomic E-state index is 15.9. The Morgan fingerprint density at radius 1 is 1.19 bits per heavy atom. The normalized spacial score (nSPS) is 18.1. The molecule has 5 rings (SSSR count). The lowest BCUT2D eigenvalue weighted by Gasteiger charge is -2.45. The Bertz CT molecular complexity index is 1860. The van der Waals surface area contributed by atoms with E-state index in [4.69, 9.17) is 21.4 Å². The number of piperidine rings is 1. The first-order chi connectivity index (χ1) is 22.6. The summed E-state index contributed by atoms with van der Waals surface area (Å²) in [4.78, 5) is 22.5. The molecule has 2 aliphatic heterocycles. The number of nitrogens with zero attached hydrogens (tertiary/aromatic N) is 1. The van der Waals surface area contributed by atoms with Gasteiger partial charge < -0.3 is 30.9 Å². The van der Waals surface area contributed by atoms with E-state index in [-0.39, 0.29) is 61.7 Å². The highest BCUT2D eigenvalue weighted by atomic mass is 35.5. The molecular weight excluding hydrogens is 690 g/mol. The fourth-order valence-electron chi connectivity index (χ4n) is 5.89. The van der Waals surface area contributed by atoms with E-state index in [1.807, 2.05) is 0 Å². The summed E-state index contributed by atoms with van der Waals surface area (Å²) in [6, 6.07) is 8.33. The highest BCUT2D eigenvalue weighted by Crippen LogP contribution is 2.47. The number of nitrogens with one attached hydrogen (secondary N) is 3. The molecule has 16 heteroatoms. The first-order valence-electron chi connectivity index (χ1n) is 15.0. The van der Waals surface area contributed by atoms with Crippen molar-refractivity contribution in [2.24, 2.45) is 5.92 Å². The number of anilines is 2. The van der Waals surface area contributed by atoms with E-state index in [1.54, 1.807) is 19.9 Å². The van der Waals surface area contributed by atoms with Crippen molar-refractivity contribution in [1.82, 2.24) is 9.62 Å². The molecule has 48 heavy (non-hydrogen) atoms. The molecule has 0 spiro atoms. The van der Waals surface area contributed by atoms with E-state index in [9.17, 15) is 27.5 Å². The Hall–Kier alpha value is -3.76. The van der Waals surface area contributed by atoms with E-state index in [0.29, 0.717) is 35.4 Å².